The van der Waals surface area contributed by atoms with Gasteiger partial charge in [0.1, 0.15) is 17.3 Å². The van der Waals surface area contributed by atoms with Crippen molar-refractivity contribution in [2.45, 2.75) is 30.1 Å². The molecule has 6 atom stereocenters. The molecule has 7 aromatic rings. The van der Waals surface area contributed by atoms with Gasteiger partial charge in [-0.05, 0) is 76.0 Å². The fourth-order valence-electron chi connectivity index (χ4n) is 8.19. The Morgan fingerprint density at radius 3 is 1.04 bits per heavy atom. The Bertz CT molecular complexity index is 2590. The minimum atomic E-state index is -1.12. The number of hydrogen-bond acceptors (Lipinski definition) is 4. The molecule has 5 aromatic carbocycles. The normalized spacial score (nSPS) is 22.3. The molecule has 10 heteroatoms. The third-order valence-electron chi connectivity index (χ3n) is 10.5. The van der Waals surface area contributed by atoms with Crippen LogP contribution < -0.4 is 22.2 Å². The van der Waals surface area contributed by atoms with Crippen LogP contribution in [-0.4, -0.2) is 31.1 Å². The van der Waals surface area contributed by atoms with Gasteiger partial charge in [0.15, 0.2) is 0 Å². The quantitative estimate of drug-likeness (QED) is 0.168. The lowest BCUT2D eigenvalue weighted by Gasteiger charge is -2.29. The van der Waals surface area contributed by atoms with Gasteiger partial charge < -0.3 is 0 Å². The highest BCUT2D eigenvalue weighted by Crippen LogP contribution is 2.70. The minimum Gasteiger partial charge on any atom is -0.267 e. The molecule has 9 rings (SSSR count). The second kappa shape index (κ2) is 12.6. The Hall–Kier alpha value is -5.16. The smallest absolute Gasteiger partial charge is 0.267 e. The van der Waals surface area contributed by atoms with Crippen LogP contribution in [0.15, 0.2) is 159 Å². The third-order valence-corrected chi connectivity index (χ3v) is 16.9. The van der Waals surface area contributed by atoms with E-state index in [0.717, 1.165) is 29.0 Å². The molecular weight excluding hydrogens is 674 g/mol. The van der Waals surface area contributed by atoms with Crippen LogP contribution in [0.3, 0.4) is 0 Å². The maximum absolute atomic E-state index is 14.5. The molecule has 8 nitrogen and oxygen atoms in total. The molecule has 0 N–H and O–H groups in total. The average Bonchev–Trinajstić information content (AvgIpc) is 3.68. The number of nitrogens with zero attached hydrogens (tertiary/aromatic N) is 4. The van der Waals surface area contributed by atoms with Crippen LogP contribution in [-0.2, 0) is 0 Å². The first-order valence-electron chi connectivity index (χ1n) is 17.1. The molecule has 4 unspecified atom stereocenters. The summed E-state index contributed by atoms with van der Waals surface area (Å²) >= 11 is 0. The highest BCUT2D eigenvalue weighted by molar-refractivity contribution is 7.62. The van der Waals surface area contributed by atoms with Crippen LogP contribution in [0.25, 0.3) is 21.5 Å². The van der Waals surface area contributed by atoms with Crippen LogP contribution in [0, 0.1) is 0 Å². The van der Waals surface area contributed by atoms with Gasteiger partial charge in [0.2, 0.25) is 0 Å². The van der Waals surface area contributed by atoms with E-state index >= 15 is 0 Å². The molecule has 0 saturated carbocycles. The lowest BCUT2D eigenvalue weighted by atomic mass is 10.2. The molecule has 2 aliphatic rings. The molecule has 2 aromatic heterocycles. The average molecular weight is 709 g/mol. The highest BCUT2D eigenvalue weighted by Gasteiger charge is 2.46. The van der Waals surface area contributed by atoms with Crippen molar-refractivity contribution in [3.63, 3.8) is 0 Å². The topological polar surface area (TPSA) is 88.0 Å². The van der Waals surface area contributed by atoms with E-state index < -0.39 is 15.8 Å². The van der Waals surface area contributed by atoms with Gasteiger partial charge in [0, 0.05) is 0 Å². The molecular formula is C41H34N4O4P2. The molecule has 0 spiro atoms. The zero-order valence-electron chi connectivity index (χ0n) is 27.8. The van der Waals surface area contributed by atoms with E-state index in [1.165, 1.54) is 0 Å². The van der Waals surface area contributed by atoms with Crippen molar-refractivity contribution < 1.29 is 0 Å². The maximum Gasteiger partial charge on any atom is 0.274 e. The number of fused-ring (bicyclic) bond motifs is 4. The summed E-state index contributed by atoms with van der Waals surface area (Å²) in [7, 11) is -2.14. The van der Waals surface area contributed by atoms with E-state index in [2.05, 4.69) is 43.3 Å². The van der Waals surface area contributed by atoms with E-state index in [4.69, 9.17) is 0 Å². The molecule has 0 aliphatic carbocycles. The summed E-state index contributed by atoms with van der Waals surface area (Å²) < 4.78 is 6.90. The summed E-state index contributed by atoms with van der Waals surface area (Å²) in [5, 5.41) is 1.70. The van der Waals surface area contributed by atoms with E-state index in [-0.39, 0.29) is 45.4 Å². The van der Waals surface area contributed by atoms with Gasteiger partial charge in [0.25, 0.3) is 22.2 Å². The Balaban J connectivity index is 1.23. The first kappa shape index (κ1) is 31.8. The molecule has 252 valence electrons. The number of aromatic nitrogens is 4. The zero-order chi connectivity index (χ0) is 34.8. The molecule has 0 bridgehead atoms. The summed E-state index contributed by atoms with van der Waals surface area (Å²) in [6.07, 6.45) is 1.45. The standard InChI is InChI=1S/C41H34N4O4P2/c1-27-42-35(46)31-21-11-12-22-32(31)36(47)43(42)39(28-15-5-2-6-16-28)50(27)25-26-51-40(29-17-7-3-8-18-29)44-37(48)33-23-13-14-24-34(33)38(49)45(44)41(51)30-19-9-4-10-20-30/h2-24,27,39-41H,25-26H2,1H3/t27-,39?,40+,41?,50?,51?/m1/s1. The van der Waals surface area contributed by atoms with Crippen molar-refractivity contribution in [1.82, 2.24) is 18.7 Å². The molecule has 0 fully saturated rings. The van der Waals surface area contributed by atoms with E-state index in [1.54, 1.807) is 55.1 Å². The van der Waals surface area contributed by atoms with Crippen LogP contribution >= 0.6 is 15.8 Å². The Morgan fingerprint density at radius 1 is 0.392 bits per heavy atom. The van der Waals surface area contributed by atoms with E-state index in [0.29, 0.717) is 21.5 Å². The van der Waals surface area contributed by atoms with Crippen LogP contribution in [0.5, 0.6) is 0 Å². The fraction of sp³-hybridized carbons (Fsp3) is 0.171. The molecule has 0 saturated heterocycles. The molecule has 4 heterocycles. The van der Waals surface area contributed by atoms with Crippen LogP contribution in [0.1, 0.15) is 46.7 Å². The summed E-state index contributed by atoms with van der Waals surface area (Å²) in [6, 6.07) is 44.4. The van der Waals surface area contributed by atoms with Crippen molar-refractivity contribution in [2.24, 2.45) is 0 Å². The van der Waals surface area contributed by atoms with Crippen molar-refractivity contribution in [3.8, 4) is 0 Å². The van der Waals surface area contributed by atoms with Gasteiger partial charge in [-0.1, -0.05) is 115 Å². The predicted molar refractivity (Wildman–Crippen MR) is 207 cm³/mol. The Labute approximate surface area is 295 Å². The monoisotopic (exact) mass is 708 g/mol. The zero-order valence-corrected chi connectivity index (χ0v) is 29.6. The van der Waals surface area contributed by atoms with Gasteiger partial charge in [-0.25, -0.2) is 18.7 Å². The fourth-order valence-corrected chi connectivity index (χ4v) is 15.5. The van der Waals surface area contributed by atoms with Crippen molar-refractivity contribution in [2.75, 3.05) is 12.3 Å². The maximum atomic E-state index is 14.5. The summed E-state index contributed by atoms with van der Waals surface area (Å²) in [5.74, 6) is -1.22. The predicted octanol–water partition coefficient (Wildman–Crippen LogP) is 7.49. The minimum absolute atomic E-state index is 0.156. The summed E-state index contributed by atoms with van der Waals surface area (Å²) in [4.78, 5) is 57.4. The molecule has 0 amide bonds. The second-order valence-electron chi connectivity index (χ2n) is 13.2. The van der Waals surface area contributed by atoms with Gasteiger partial charge in [-0.3, -0.25) is 19.2 Å². The van der Waals surface area contributed by atoms with Crippen molar-refractivity contribution >= 4 is 37.4 Å². The van der Waals surface area contributed by atoms with E-state index in [1.807, 2.05) is 66.7 Å². The third kappa shape index (κ3) is 4.88. The Morgan fingerprint density at radius 2 is 0.667 bits per heavy atom. The first-order valence-corrected chi connectivity index (χ1v) is 20.5. The number of benzene rings is 5. The first-order chi connectivity index (χ1) is 25.0. The molecule has 2 aliphatic heterocycles. The largest absolute Gasteiger partial charge is 0.274 e. The van der Waals surface area contributed by atoms with Gasteiger partial charge in [0.05, 0.1) is 27.3 Å². The summed E-state index contributed by atoms with van der Waals surface area (Å²) in [5.41, 5.74) is 2.30. The van der Waals surface area contributed by atoms with Crippen LogP contribution in [0.2, 0.25) is 0 Å². The van der Waals surface area contributed by atoms with Crippen molar-refractivity contribution in [1.29, 1.82) is 0 Å². The Kier molecular flexibility index (Phi) is 7.83. The summed E-state index contributed by atoms with van der Waals surface area (Å²) in [6.45, 7) is 2.07. The molecule has 51 heavy (non-hydrogen) atoms. The van der Waals surface area contributed by atoms with Crippen molar-refractivity contribution in [3.05, 3.63) is 198 Å². The lowest BCUT2D eigenvalue weighted by molar-refractivity contribution is 0.482. The van der Waals surface area contributed by atoms with Crippen LogP contribution in [0.4, 0.5) is 0 Å². The van der Waals surface area contributed by atoms with Gasteiger partial charge in [-0.2, -0.15) is 0 Å². The molecule has 0 radical (unpaired) electrons. The number of hydrogen-bond donors (Lipinski definition) is 0. The number of rotatable bonds is 6. The van der Waals surface area contributed by atoms with Gasteiger partial charge in [-0.15, -0.1) is 0 Å². The highest BCUT2D eigenvalue weighted by atomic mass is 31.1. The SMILES string of the molecule is C[C@@H]1n2c(=O)c3ccccc3c(=O)n2C(c2ccccc2)P1CCP1C(c2ccccc2)n2c(=O)c3ccccc3c(=O)n2[C@@H]1c1ccccc1. The lowest BCUT2D eigenvalue weighted by Crippen LogP contribution is -2.37. The second-order valence-corrected chi connectivity index (χ2v) is 18.3. The van der Waals surface area contributed by atoms with Gasteiger partial charge >= 0.3 is 0 Å². The van der Waals surface area contributed by atoms with E-state index in [9.17, 15) is 19.2 Å².